The summed E-state index contributed by atoms with van der Waals surface area (Å²) in [6, 6.07) is 0.339. The first-order chi connectivity index (χ1) is 10.7. The molecule has 0 amide bonds. The lowest BCUT2D eigenvalue weighted by atomic mass is 9.90. The minimum atomic E-state index is -2.93. The summed E-state index contributed by atoms with van der Waals surface area (Å²) in [5.74, 6) is 1.01. The Bertz CT molecular complexity index is 531. The number of ether oxygens (including phenoxy) is 1. The summed E-state index contributed by atoms with van der Waals surface area (Å²) in [4.78, 5) is 4.68. The van der Waals surface area contributed by atoms with Crippen molar-refractivity contribution in [3.05, 3.63) is 0 Å². The number of aliphatic imine (C=N–C) groups is 1. The third-order valence-corrected chi connectivity index (χ3v) is 5.53. The van der Waals surface area contributed by atoms with Gasteiger partial charge in [-0.1, -0.05) is 13.8 Å². The molecule has 2 heterocycles. The highest BCUT2D eigenvalue weighted by Crippen LogP contribution is 2.34. The molecule has 6 nitrogen and oxygen atoms in total. The van der Waals surface area contributed by atoms with Crippen LogP contribution in [0, 0.1) is 5.41 Å². The van der Waals surface area contributed by atoms with Crippen molar-refractivity contribution in [3.8, 4) is 0 Å². The normalized spacial score (nSPS) is 28.2. The SMILES string of the molecule is CCNC(=NCC(C)(C)CCS(C)(=O)=O)NC1CC2CCC1O2. The van der Waals surface area contributed by atoms with E-state index in [1.807, 2.05) is 6.92 Å². The minimum absolute atomic E-state index is 0.142. The Morgan fingerprint density at radius 1 is 1.35 bits per heavy atom. The maximum absolute atomic E-state index is 11.3. The molecule has 134 valence electrons. The van der Waals surface area contributed by atoms with Crippen LogP contribution in [0.25, 0.3) is 0 Å². The topological polar surface area (TPSA) is 79.8 Å². The molecule has 23 heavy (non-hydrogen) atoms. The first-order valence-corrected chi connectivity index (χ1v) is 10.6. The Morgan fingerprint density at radius 2 is 2.09 bits per heavy atom. The van der Waals surface area contributed by atoms with E-state index in [-0.39, 0.29) is 11.2 Å². The molecule has 0 aromatic rings. The van der Waals surface area contributed by atoms with Crippen LogP contribution in [0.3, 0.4) is 0 Å². The molecule has 2 bridgehead atoms. The molecule has 0 aromatic heterocycles. The van der Waals surface area contributed by atoms with E-state index < -0.39 is 9.84 Å². The summed E-state index contributed by atoms with van der Waals surface area (Å²) in [7, 11) is -2.93. The van der Waals surface area contributed by atoms with Crippen LogP contribution in [-0.4, -0.2) is 57.7 Å². The molecule has 2 aliphatic heterocycles. The number of nitrogens with one attached hydrogen (secondary N) is 2. The average Bonchev–Trinajstić information content (AvgIpc) is 3.05. The average molecular weight is 346 g/mol. The number of sulfone groups is 1. The van der Waals surface area contributed by atoms with Gasteiger partial charge in [-0.25, -0.2) is 8.42 Å². The van der Waals surface area contributed by atoms with Crippen LogP contribution < -0.4 is 10.6 Å². The second kappa shape index (κ2) is 7.38. The van der Waals surface area contributed by atoms with Crippen molar-refractivity contribution in [2.45, 2.75) is 64.7 Å². The van der Waals surface area contributed by atoms with Gasteiger partial charge in [0.15, 0.2) is 5.96 Å². The summed E-state index contributed by atoms with van der Waals surface area (Å²) in [6.45, 7) is 7.57. The lowest BCUT2D eigenvalue weighted by Crippen LogP contribution is -2.47. The minimum Gasteiger partial charge on any atom is -0.373 e. The van der Waals surface area contributed by atoms with E-state index in [1.165, 1.54) is 12.7 Å². The predicted octanol–water partition coefficient (Wildman–Crippen LogP) is 1.32. The van der Waals surface area contributed by atoms with Crippen molar-refractivity contribution >= 4 is 15.8 Å². The number of hydrogen-bond acceptors (Lipinski definition) is 4. The predicted molar refractivity (Wildman–Crippen MR) is 93.5 cm³/mol. The molecule has 0 aliphatic carbocycles. The standard InChI is InChI=1S/C16H31N3O3S/c1-5-17-15(19-13-10-12-6-7-14(13)22-12)18-11-16(2,3)8-9-23(4,20)21/h12-14H,5-11H2,1-4H3,(H2,17,18,19). The fourth-order valence-electron chi connectivity index (χ4n) is 3.12. The number of rotatable bonds is 7. The summed E-state index contributed by atoms with van der Waals surface area (Å²) in [6.07, 6.45) is 5.97. The van der Waals surface area contributed by atoms with Crippen LogP contribution in [0.4, 0.5) is 0 Å². The maximum atomic E-state index is 11.3. The van der Waals surface area contributed by atoms with Gasteiger partial charge >= 0.3 is 0 Å². The molecule has 0 saturated carbocycles. The van der Waals surface area contributed by atoms with E-state index in [2.05, 4.69) is 29.5 Å². The fourth-order valence-corrected chi connectivity index (χ4v) is 4.04. The molecule has 2 fully saturated rings. The van der Waals surface area contributed by atoms with Crippen molar-refractivity contribution in [1.29, 1.82) is 0 Å². The van der Waals surface area contributed by atoms with Gasteiger partial charge in [0.25, 0.3) is 0 Å². The van der Waals surface area contributed by atoms with Crippen molar-refractivity contribution < 1.29 is 13.2 Å². The van der Waals surface area contributed by atoms with E-state index in [1.54, 1.807) is 0 Å². The Morgan fingerprint density at radius 3 is 2.61 bits per heavy atom. The number of nitrogens with zero attached hydrogens (tertiary/aromatic N) is 1. The van der Waals surface area contributed by atoms with Crippen LogP contribution in [0.5, 0.6) is 0 Å². The zero-order valence-corrected chi connectivity index (χ0v) is 15.6. The summed E-state index contributed by atoms with van der Waals surface area (Å²) >= 11 is 0. The third-order valence-electron chi connectivity index (χ3n) is 4.59. The van der Waals surface area contributed by atoms with Gasteiger partial charge in [0.2, 0.25) is 0 Å². The van der Waals surface area contributed by atoms with Crippen LogP contribution in [-0.2, 0) is 14.6 Å². The molecule has 0 aromatic carbocycles. The van der Waals surface area contributed by atoms with E-state index >= 15 is 0 Å². The molecular formula is C16H31N3O3S. The zero-order valence-electron chi connectivity index (χ0n) is 14.8. The highest BCUT2D eigenvalue weighted by atomic mass is 32.2. The van der Waals surface area contributed by atoms with E-state index in [9.17, 15) is 8.42 Å². The Labute approximate surface area is 140 Å². The zero-order chi connectivity index (χ0) is 17.1. The van der Waals surface area contributed by atoms with Gasteiger partial charge in [-0.05, 0) is 38.0 Å². The number of fused-ring (bicyclic) bond motifs is 2. The Kier molecular flexibility index (Phi) is 5.94. The van der Waals surface area contributed by atoms with Crippen LogP contribution in [0.1, 0.15) is 46.5 Å². The molecule has 3 atom stereocenters. The largest absolute Gasteiger partial charge is 0.373 e. The summed E-state index contributed by atoms with van der Waals surface area (Å²) in [5, 5.41) is 6.77. The lowest BCUT2D eigenvalue weighted by Gasteiger charge is -2.25. The summed E-state index contributed by atoms with van der Waals surface area (Å²) < 4.78 is 28.6. The molecule has 2 N–H and O–H groups in total. The van der Waals surface area contributed by atoms with Crippen molar-refractivity contribution in [3.63, 3.8) is 0 Å². The molecular weight excluding hydrogens is 314 g/mol. The van der Waals surface area contributed by atoms with Crippen LogP contribution in [0.15, 0.2) is 4.99 Å². The Balaban J connectivity index is 1.89. The molecule has 2 rings (SSSR count). The molecule has 7 heteroatoms. The van der Waals surface area contributed by atoms with E-state index in [4.69, 9.17) is 4.74 Å². The summed E-state index contributed by atoms with van der Waals surface area (Å²) in [5.41, 5.74) is -0.142. The lowest BCUT2D eigenvalue weighted by molar-refractivity contribution is 0.0992. The monoisotopic (exact) mass is 345 g/mol. The number of hydrogen-bond donors (Lipinski definition) is 2. The van der Waals surface area contributed by atoms with Crippen LogP contribution in [0.2, 0.25) is 0 Å². The molecule has 3 unspecified atom stereocenters. The van der Waals surface area contributed by atoms with Crippen molar-refractivity contribution in [2.75, 3.05) is 25.1 Å². The highest BCUT2D eigenvalue weighted by molar-refractivity contribution is 7.90. The molecule has 2 saturated heterocycles. The van der Waals surface area contributed by atoms with Gasteiger partial charge in [-0.3, -0.25) is 4.99 Å². The van der Waals surface area contributed by atoms with Gasteiger partial charge in [-0.15, -0.1) is 0 Å². The highest BCUT2D eigenvalue weighted by Gasteiger charge is 2.41. The maximum Gasteiger partial charge on any atom is 0.191 e. The van der Waals surface area contributed by atoms with Gasteiger partial charge in [0.1, 0.15) is 9.84 Å². The molecule has 2 aliphatic rings. The van der Waals surface area contributed by atoms with E-state index in [0.717, 1.165) is 25.3 Å². The second-order valence-electron chi connectivity index (χ2n) is 7.60. The number of guanidine groups is 1. The smallest absolute Gasteiger partial charge is 0.191 e. The van der Waals surface area contributed by atoms with Gasteiger partial charge in [0, 0.05) is 19.3 Å². The first kappa shape index (κ1) is 18.5. The van der Waals surface area contributed by atoms with Crippen molar-refractivity contribution in [2.24, 2.45) is 10.4 Å². The third kappa shape index (κ3) is 5.95. The molecule has 0 spiro atoms. The quantitative estimate of drug-likeness (QED) is 0.537. The van der Waals surface area contributed by atoms with Gasteiger partial charge in [0.05, 0.1) is 24.0 Å². The molecule has 0 radical (unpaired) electrons. The van der Waals surface area contributed by atoms with Crippen LogP contribution >= 0.6 is 0 Å². The van der Waals surface area contributed by atoms with Gasteiger partial charge in [-0.2, -0.15) is 0 Å². The fraction of sp³-hybridized carbons (Fsp3) is 0.938. The Hall–Kier alpha value is -0.820. The second-order valence-corrected chi connectivity index (χ2v) is 9.86. The first-order valence-electron chi connectivity index (χ1n) is 8.56. The van der Waals surface area contributed by atoms with E-state index in [0.29, 0.717) is 31.2 Å². The van der Waals surface area contributed by atoms with Crippen molar-refractivity contribution in [1.82, 2.24) is 10.6 Å². The van der Waals surface area contributed by atoms with Gasteiger partial charge < -0.3 is 15.4 Å².